The molecule has 2 nitrogen and oxygen atoms in total. The fourth-order valence-corrected chi connectivity index (χ4v) is 0.926. The summed E-state index contributed by atoms with van der Waals surface area (Å²) in [5, 5.41) is 0.614. The first-order valence-corrected chi connectivity index (χ1v) is 5.04. The third-order valence-corrected chi connectivity index (χ3v) is 1.61. The highest BCUT2D eigenvalue weighted by Crippen LogP contribution is 2.10. The molecule has 0 amide bonds. The second-order valence-corrected chi connectivity index (χ2v) is 2.66. The smallest absolute Gasteiger partial charge is 0.338 e. The molecule has 0 unspecified atom stereocenters. The molecule has 1 aromatic rings. The molecule has 1 aromatic carbocycles. The highest BCUT2D eigenvalue weighted by atomic mass is 35.5. The Kier molecular flexibility index (Phi) is 6.85. The van der Waals surface area contributed by atoms with E-state index >= 15 is 0 Å². The Morgan fingerprint density at radius 3 is 2.21 bits per heavy atom. The van der Waals surface area contributed by atoms with Gasteiger partial charge in [-0.25, -0.2) is 4.79 Å². The number of esters is 1. The maximum atomic E-state index is 11.1. The fourth-order valence-electron chi connectivity index (χ4n) is 0.800. The number of ether oxygens (including phenoxy) is 1. The Morgan fingerprint density at radius 2 is 1.79 bits per heavy atom. The van der Waals surface area contributed by atoms with Crippen molar-refractivity contribution in [3.8, 4) is 0 Å². The van der Waals surface area contributed by atoms with E-state index in [2.05, 4.69) is 0 Å². The van der Waals surface area contributed by atoms with Crippen LogP contribution in [0.4, 0.5) is 0 Å². The van der Waals surface area contributed by atoms with E-state index in [4.69, 9.17) is 16.3 Å². The fraction of sp³-hybridized carbons (Fsp3) is 0.364. The van der Waals surface area contributed by atoms with E-state index in [0.717, 1.165) is 0 Å². The maximum absolute atomic E-state index is 11.1. The van der Waals surface area contributed by atoms with Crippen LogP contribution in [0.25, 0.3) is 0 Å². The number of carbonyl (C=O) groups is 1. The molecule has 0 saturated carbocycles. The Morgan fingerprint density at radius 1 is 1.29 bits per heavy atom. The van der Waals surface area contributed by atoms with E-state index in [0.29, 0.717) is 17.2 Å². The quantitative estimate of drug-likeness (QED) is 0.704. The molecule has 0 radical (unpaired) electrons. The topological polar surface area (TPSA) is 26.3 Å². The largest absolute Gasteiger partial charge is 0.462 e. The number of rotatable bonds is 2. The summed E-state index contributed by atoms with van der Waals surface area (Å²) in [6.07, 6.45) is 0. The van der Waals surface area contributed by atoms with Crippen molar-refractivity contribution in [1.82, 2.24) is 0 Å². The van der Waals surface area contributed by atoms with Gasteiger partial charge in [-0.2, -0.15) is 0 Å². The molecule has 1 rings (SSSR count). The first kappa shape index (κ1) is 13.0. The molecule has 0 aliphatic rings. The molecule has 0 aromatic heterocycles. The Balaban J connectivity index is 0.000000791. The molecule has 0 atom stereocenters. The molecule has 0 spiro atoms. The minimum atomic E-state index is -0.311. The number of hydrogen-bond acceptors (Lipinski definition) is 2. The summed E-state index contributed by atoms with van der Waals surface area (Å²) in [5.41, 5.74) is 0.529. The van der Waals surface area contributed by atoms with Gasteiger partial charge in [0.15, 0.2) is 0 Å². The van der Waals surface area contributed by atoms with Gasteiger partial charge >= 0.3 is 5.97 Å². The van der Waals surface area contributed by atoms with E-state index in [-0.39, 0.29) is 5.97 Å². The maximum Gasteiger partial charge on any atom is 0.338 e. The SMILES string of the molecule is CC.CCOC(=O)c1ccc(Cl)cc1. The van der Waals surface area contributed by atoms with Crippen molar-refractivity contribution in [3.05, 3.63) is 34.9 Å². The molecule has 0 N–H and O–H groups in total. The number of carbonyl (C=O) groups excluding carboxylic acids is 1. The van der Waals surface area contributed by atoms with Crippen LogP contribution in [0.3, 0.4) is 0 Å². The average Bonchev–Trinajstić information content (AvgIpc) is 2.22. The van der Waals surface area contributed by atoms with Crippen LogP contribution in [0.15, 0.2) is 24.3 Å². The molecule has 3 heteroatoms. The third kappa shape index (κ3) is 4.28. The molecule has 0 heterocycles. The van der Waals surface area contributed by atoms with Crippen molar-refractivity contribution in [2.75, 3.05) is 6.61 Å². The van der Waals surface area contributed by atoms with Crippen molar-refractivity contribution >= 4 is 17.6 Å². The number of benzene rings is 1. The first-order chi connectivity index (χ1) is 6.74. The summed E-state index contributed by atoms with van der Waals surface area (Å²) < 4.78 is 4.79. The van der Waals surface area contributed by atoms with Crippen molar-refractivity contribution in [2.45, 2.75) is 20.8 Å². The standard InChI is InChI=1S/C9H9ClO2.C2H6/c1-2-12-9(11)7-3-5-8(10)6-4-7;1-2/h3-6H,2H2,1H3;1-2H3. The second kappa shape index (κ2) is 7.39. The van der Waals surface area contributed by atoms with Gasteiger partial charge in [-0.05, 0) is 31.2 Å². The minimum Gasteiger partial charge on any atom is -0.462 e. The van der Waals surface area contributed by atoms with Crippen LogP contribution in [0.5, 0.6) is 0 Å². The summed E-state index contributed by atoms with van der Waals surface area (Å²) in [5.74, 6) is -0.311. The van der Waals surface area contributed by atoms with Gasteiger partial charge in [-0.3, -0.25) is 0 Å². The second-order valence-electron chi connectivity index (χ2n) is 2.23. The lowest BCUT2D eigenvalue weighted by Gasteiger charge is -2.00. The van der Waals surface area contributed by atoms with Gasteiger partial charge in [0.05, 0.1) is 12.2 Å². The number of hydrogen-bond donors (Lipinski definition) is 0. The molecular weight excluding hydrogens is 200 g/mol. The van der Waals surface area contributed by atoms with E-state index in [9.17, 15) is 4.79 Å². The molecule has 0 aliphatic heterocycles. The zero-order valence-corrected chi connectivity index (χ0v) is 9.47. The molecule has 0 aliphatic carbocycles. The predicted molar refractivity (Wildman–Crippen MR) is 58.8 cm³/mol. The highest BCUT2D eigenvalue weighted by molar-refractivity contribution is 6.30. The van der Waals surface area contributed by atoms with Gasteiger partial charge in [0.2, 0.25) is 0 Å². The monoisotopic (exact) mass is 214 g/mol. The molecule has 0 saturated heterocycles. The van der Waals surface area contributed by atoms with Crippen LogP contribution in [0, 0.1) is 0 Å². The highest BCUT2D eigenvalue weighted by Gasteiger charge is 2.04. The van der Waals surface area contributed by atoms with Crippen LogP contribution in [-0.4, -0.2) is 12.6 Å². The zero-order chi connectivity index (χ0) is 11.0. The van der Waals surface area contributed by atoms with Crippen LogP contribution >= 0.6 is 11.6 Å². The third-order valence-electron chi connectivity index (χ3n) is 1.36. The van der Waals surface area contributed by atoms with E-state index < -0.39 is 0 Å². The first-order valence-electron chi connectivity index (χ1n) is 4.66. The van der Waals surface area contributed by atoms with Crippen molar-refractivity contribution in [1.29, 1.82) is 0 Å². The van der Waals surface area contributed by atoms with E-state index in [1.165, 1.54) is 0 Å². The Labute approximate surface area is 89.8 Å². The zero-order valence-electron chi connectivity index (χ0n) is 8.71. The van der Waals surface area contributed by atoms with Crippen molar-refractivity contribution < 1.29 is 9.53 Å². The van der Waals surface area contributed by atoms with Crippen LogP contribution in [0.1, 0.15) is 31.1 Å². The Hall–Kier alpha value is -1.02. The van der Waals surface area contributed by atoms with Gasteiger partial charge in [0, 0.05) is 5.02 Å². The molecule has 0 bridgehead atoms. The molecular formula is C11H15ClO2. The normalized spacial score (nSPS) is 8.57. The van der Waals surface area contributed by atoms with E-state index in [1.807, 2.05) is 13.8 Å². The predicted octanol–water partition coefficient (Wildman–Crippen LogP) is 3.54. The molecule has 78 valence electrons. The average molecular weight is 215 g/mol. The summed E-state index contributed by atoms with van der Waals surface area (Å²) in [6.45, 7) is 6.16. The van der Waals surface area contributed by atoms with Gasteiger partial charge in [0.1, 0.15) is 0 Å². The Bertz CT molecular complexity index is 267. The molecule has 14 heavy (non-hydrogen) atoms. The lowest BCUT2D eigenvalue weighted by molar-refractivity contribution is 0.0526. The molecule has 0 fully saturated rings. The van der Waals surface area contributed by atoms with Gasteiger partial charge in [-0.1, -0.05) is 25.4 Å². The van der Waals surface area contributed by atoms with Crippen molar-refractivity contribution in [2.24, 2.45) is 0 Å². The van der Waals surface area contributed by atoms with E-state index in [1.54, 1.807) is 31.2 Å². The van der Waals surface area contributed by atoms with Crippen LogP contribution in [-0.2, 0) is 4.74 Å². The van der Waals surface area contributed by atoms with Crippen LogP contribution < -0.4 is 0 Å². The summed E-state index contributed by atoms with van der Waals surface area (Å²) in [6, 6.07) is 6.60. The lowest BCUT2D eigenvalue weighted by atomic mass is 10.2. The summed E-state index contributed by atoms with van der Waals surface area (Å²) >= 11 is 5.64. The summed E-state index contributed by atoms with van der Waals surface area (Å²) in [4.78, 5) is 11.1. The lowest BCUT2D eigenvalue weighted by Crippen LogP contribution is -2.03. The van der Waals surface area contributed by atoms with Crippen molar-refractivity contribution in [3.63, 3.8) is 0 Å². The van der Waals surface area contributed by atoms with Gasteiger partial charge in [-0.15, -0.1) is 0 Å². The van der Waals surface area contributed by atoms with Gasteiger partial charge in [0.25, 0.3) is 0 Å². The van der Waals surface area contributed by atoms with Gasteiger partial charge < -0.3 is 4.74 Å². The minimum absolute atomic E-state index is 0.311. The summed E-state index contributed by atoms with van der Waals surface area (Å²) in [7, 11) is 0. The number of halogens is 1. The van der Waals surface area contributed by atoms with Crippen LogP contribution in [0.2, 0.25) is 5.02 Å².